The Morgan fingerprint density at radius 3 is 2.32 bits per heavy atom. The maximum atomic E-state index is 12.9. The summed E-state index contributed by atoms with van der Waals surface area (Å²) >= 11 is 1.33. The highest BCUT2D eigenvalue weighted by Crippen LogP contribution is 2.28. The molecule has 1 fully saturated rings. The molecular formula is C19H29N5O3S. The second kappa shape index (κ2) is 7.77. The van der Waals surface area contributed by atoms with Crippen LogP contribution in [0.3, 0.4) is 0 Å². The van der Waals surface area contributed by atoms with Gasteiger partial charge in [-0.15, -0.1) is 0 Å². The number of likely N-dealkylation sites (tertiary alicyclic amines) is 1. The number of hydrogen-bond acceptors (Lipinski definition) is 5. The summed E-state index contributed by atoms with van der Waals surface area (Å²) in [6, 6.07) is 0.461. The summed E-state index contributed by atoms with van der Waals surface area (Å²) in [5, 5.41) is 0.592. The minimum absolute atomic E-state index is 0.0272. The summed E-state index contributed by atoms with van der Waals surface area (Å²) in [4.78, 5) is 44.4. The van der Waals surface area contributed by atoms with E-state index in [1.807, 2.05) is 23.3 Å². The Kier molecular flexibility index (Phi) is 5.74. The van der Waals surface area contributed by atoms with Crippen molar-refractivity contribution in [2.24, 2.45) is 14.1 Å². The third-order valence-electron chi connectivity index (χ3n) is 5.58. The molecule has 0 aliphatic carbocycles. The van der Waals surface area contributed by atoms with Gasteiger partial charge in [0.1, 0.15) is 0 Å². The van der Waals surface area contributed by atoms with Crippen LogP contribution in [0.25, 0.3) is 11.2 Å². The van der Waals surface area contributed by atoms with Crippen LogP contribution in [-0.4, -0.2) is 47.3 Å². The van der Waals surface area contributed by atoms with Gasteiger partial charge in [-0.3, -0.25) is 18.7 Å². The van der Waals surface area contributed by atoms with E-state index in [-0.39, 0.29) is 35.3 Å². The molecule has 154 valence electrons. The van der Waals surface area contributed by atoms with E-state index in [2.05, 4.69) is 18.8 Å². The molecule has 0 bridgehead atoms. The molecule has 0 N–H and O–H groups in total. The smallest absolute Gasteiger partial charge is 0.332 e. The van der Waals surface area contributed by atoms with Gasteiger partial charge in [0, 0.05) is 32.2 Å². The summed E-state index contributed by atoms with van der Waals surface area (Å²) < 4.78 is 4.31. The zero-order chi connectivity index (χ0) is 20.7. The number of aromatic nitrogens is 4. The van der Waals surface area contributed by atoms with Crippen molar-refractivity contribution in [3.63, 3.8) is 0 Å². The van der Waals surface area contributed by atoms with Crippen molar-refractivity contribution >= 4 is 28.8 Å². The first-order valence-corrected chi connectivity index (χ1v) is 10.8. The maximum Gasteiger partial charge on any atom is 0.332 e. The Labute approximate surface area is 168 Å². The van der Waals surface area contributed by atoms with Crippen molar-refractivity contribution in [1.29, 1.82) is 0 Å². The highest BCUT2D eigenvalue weighted by atomic mass is 32.2. The summed E-state index contributed by atoms with van der Waals surface area (Å²) in [7, 11) is 3.08. The number of piperidine rings is 1. The number of thioether (sulfide) groups is 1. The van der Waals surface area contributed by atoms with E-state index in [9.17, 15) is 14.4 Å². The molecule has 8 nitrogen and oxygen atoms in total. The molecule has 3 heterocycles. The van der Waals surface area contributed by atoms with Gasteiger partial charge in [0.25, 0.3) is 5.56 Å². The third-order valence-corrected chi connectivity index (χ3v) is 6.52. The van der Waals surface area contributed by atoms with Gasteiger partial charge in [-0.2, -0.15) is 0 Å². The lowest BCUT2D eigenvalue weighted by Gasteiger charge is -2.39. The number of rotatable bonds is 4. The molecule has 9 heteroatoms. The van der Waals surface area contributed by atoms with Crippen molar-refractivity contribution in [3.8, 4) is 0 Å². The number of hydrogen-bond donors (Lipinski definition) is 0. The predicted octanol–water partition coefficient (Wildman–Crippen LogP) is 1.90. The first kappa shape index (κ1) is 20.7. The molecule has 2 aromatic heterocycles. The predicted molar refractivity (Wildman–Crippen MR) is 111 cm³/mol. The van der Waals surface area contributed by atoms with E-state index in [1.165, 1.54) is 23.4 Å². The van der Waals surface area contributed by atoms with E-state index >= 15 is 0 Å². The highest BCUT2D eigenvalue weighted by molar-refractivity contribution is 7.99. The van der Waals surface area contributed by atoms with Crippen LogP contribution in [0.2, 0.25) is 0 Å². The fourth-order valence-corrected chi connectivity index (χ4v) is 5.08. The van der Waals surface area contributed by atoms with E-state index in [1.54, 1.807) is 7.05 Å². The van der Waals surface area contributed by atoms with Gasteiger partial charge < -0.3 is 9.47 Å². The highest BCUT2D eigenvalue weighted by Gasteiger charge is 2.29. The average Bonchev–Trinajstić information content (AvgIpc) is 3.03. The summed E-state index contributed by atoms with van der Waals surface area (Å²) in [5.41, 5.74) is -0.0176. The fraction of sp³-hybridized carbons (Fsp3) is 0.684. The van der Waals surface area contributed by atoms with Crippen LogP contribution in [0, 0.1) is 0 Å². The van der Waals surface area contributed by atoms with Crippen LogP contribution in [-0.2, 0) is 18.9 Å². The molecule has 1 saturated heterocycles. The molecule has 0 saturated carbocycles. The van der Waals surface area contributed by atoms with Crippen molar-refractivity contribution in [2.75, 3.05) is 5.75 Å². The van der Waals surface area contributed by atoms with Crippen molar-refractivity contribution < 1.29 is 4.79 Å². The summed E-state index contributed by atoms with van der Waals surface area (Å²) in [6.45, 7) is 8.13. The van der Waals surface area contributed by atoms with E-state index in [0.29, 0.717) is 16.3 Å². The molecule has 2 aromatic rings. The van der Waals surface area contributed by atoms with Crippen molar-refractivity contribution in [1.82, 2.24) is 23.6 Å². The van der Waals surface area contributed by atoms with Gasteiger partial charge in [0.2, 0.25) is 5.91 Å². The van der Waals surface area contributed by atoms with Gasteiger partial charge in [0.05, 0.1) is 5.75 Å². The Balaban J connectivity index is 1.97. The largest absolute Gasteiger partial charge is 0.337 e. The molecule has 0 unspecified atom stereocenters. The topological polar surface area (TPSA) is 82.1 Å². The molecule has 3 rings (SSSR count). The number of carbonyl (C=O) groups excluding carboxylic acids is 1. The van der Waals surface area contributed by atoms with Gasteiger partial charge >= 0.3 is 5.69 Å². The summed E-state index contributed by atoms with van der Waals surface area (Å²) in [6.07, 6.45) is 3.21. The Morgan fingerprint density at radius 1 is 1.14 bits per heavy atom. The molecular weight excluding hydrogens is 378 g/mol. The second-order valence-corrected chi connectivity index (χ2v) is 8.90. The molecule has 1 amide bonds. The Morgan fingerprint density at radius 2 is 1.75 bits per heavy atom. The minimum atomic E-state index is -0.408. The number of imidazole rings is 1. The van der Waals surface area contributed by atoms with E-state index in [0.717, 1.165) is 23.8 Å². The normalized spacial score (nSPS) is 20.3. The minimum Gasteiger partial charge on any atom is -0.337 e. The molecule has 0 aromatic carbocycles. The summed E-state index contributed by atoms with van der Waals surface area (Å²) in [5.74, 6) is 0.354. The number of carbonyl (C=O) groups is 1. The Hall–Kier alpha value is -2.03. The monoisotopic (exact) mass is 407 g/mol. The molecule has 1 aliphatic heterocycles. The number of nitrogens with zero attached hydrogens (tertiary/aromatic N) is 5. The zero-order valence-electron chi connectivity index (χ0n) is 17.4. The van der Waals surface area contributed by atoms with Crippen LogP contribution in [0.15, 0.2) is 14.7 Å². The lowest BCUT2D eigenvalue weighted by atomic mass is 9.98. The van der Waals surface area contributed by atoms with E-state index in [4.69, 9.17) is 0 Å². The van der Waals surface area contributed by atoms with Crippen LogP contribution in [0.1, 0.15) is 53.0 Å². The standard InChI is InChI=1S/C19H29N5O3S/c1-11(2)23-15-16(21(5)19(27)22(6)17(15)26)20-18(23)28-10-14(25)24-12(3)8-7-9-13(24)4/h11-13H,7-10H2,1-6H3/t12-,13-/m0/s1. The molecule has 0 spiro atoms. The van der Waals surface area contributed by atoms with Crippen molar-refractivity contribution in [2.45, 2.75) is 70.2 Å². The molecule has 1 aliphatic rings. The van der Waals surface area contributed by atoms with Crippen LogP contribution >= 0.6 is 11.8 Å². The first-order chi connectivity index (χ1) is 13.1. The van der Waals surface area contributed by atoms with Gasteiger partial charge in [-0.05, 0) is 47.0 Å². The molecule has 0 radical (unpaired) electrons. The number of fused-ring (bicyclic) bond motifs is 1. The van der Waals surface area contributed by atoms with Gasteiger partial charge in [0.15, 0.2) is 16.3 Å². The third kappa shape index (κ3) is 3.40. The van der Waals surface area contributed by atoms with Crippen LogP contribution in [0.4, 0.5) is 0 Å². The lowest BCUT2D eigenvalue weighted by Crippen LogP contribution is -2.48. The number of aryl methyl sites for hydroxylation is 1. The lowest BCUT2D eigenvalue weighted by molar-refractivity contribution is -0.134. The molecule has 28 heavy (non-hydrogen) atoms. The SMILES string of the molecule is CC(C)n1c(SCC(=O)N2[C@@H](C)CCC[C@@H]2C)nc2c1c(=O)n(C)c(=O)n2C. The molecule has 2 atom stereocenters. The van der Waals surface area contributed by atoms with Crippen LogP contribution in [0.5, 0.6) is 0 Å². The van der Waals surface area contributed by atoms with Crippen molar-refractivity contribution in [3.05, 3.63) is 20.8 Å². The first-order valence-electron chi connectivity index (χ1n) is 9.77. The number of amides is 1. The fourth-order valence-electron chi connectivity index (χ4n) is 4.09. The quantitative estimate of drug-likeness (QED) is 0.723. The second-order valence-electron chi connectivity index (χ2n) is 7.95. The zero-order valence-corrected chi connectivity index (χ0v) is 18.2. The average molecular weight is 408 g/mol. The van der Waals surface area contributed by atoms with Gasteiger partial charge in [-0.1, -0.05) is 11.8 Å². The van der Waals surface area contributed by atoms with Crippen LogP contribution < -0.4 is 11.2 Å². The Bertz CT molecular complexity index is 1010. The maximum absolute atomic E-state index is 12.9. The van der Waals surface area contributed by atoms with E-state index < -0.39 is 5.69 Å². The van der Waals surface area contributed by atoms with Gasteiger partial charge in [-0.25, -0.2) is 9.78 Å².